The molecular weight excluding hydrogens is 204 g/mol. The second-order valence-corrected chi connectivity index (χ2v) is 5.12. The molecule has 0 aromatic carbocycles. The maximum absolute atomic E-state index is 12.4. The minimum absolute atomic E-state index is 0.160. The Morgan fingerprint density at radius 2 is 2.12 bits per heavy atom. The van der Waals surface area contributed by atoms with Crippen molar-refractivity contribution in [3.63, 3.8) is 0 Å². The first kappa shape index (κ1) is 11.9. The van der Waals surface area contributed by atoms with Gasteiger partial charge >= 0.3 is 0 Å². The number of amides is 1. The summed E-state index contributed by atoms with van der Waals surface area (Å²) in [5.41, 5.74) is 0. The number of carbonyl (C=O) groups is 1. The molecule has 92 valence electrons. The fourth-order valence-corrected chi connectivity index (χ4v) is 2.62. The molecule has 0 radical (unpaired) electrons. The van der Waals surface area contributed by atoms with Crippen LogP contribution in [-0.4, -0.2) is 48.7 Å². The van der Waals surface area contributed by atoms with Crippen molar-refractivity contribution in [2.75, 3.05) is 19.7 Å². The largest absolute Gasteiger partial charge is 0.375 e. The predicted octanol–water partition coefficient (Wildman–Crippen LogP) is 0.620. The number of rotatable bonds is 1. The fraction of sp³-hybridized carbons (Fsp3) is 0.917. The summed E-state index contributed by atoms with van der Waals surface area (Å²) in [5, 5.41) is 3.34. The first-order chi connectivity index (χ1) is 7.59. The molecule has 0 bridgehead atoms. The third kappa shape index (κ3) is 2.23. The molecule has 4 nitrogen and oxygen atoms in total. The van der Waals surface area contributed by atoms with E-state index in [4.69, 9.17) is 4.74 Å². The summed E-state index contributed by atoms with van der Waals surface area (Å²) < 4.78 is 5.55. The van der Waals surface area contributed by atoms with Crippen molar-refractivity contribution >= 4 is 5.91 Å². The average Bonchev–Trinajstić information content (AvgIpc) is 2.67. The maximum atomic E-state index is 12.4. The van der Waals surface area contributed by atoms with Gasteiger partial charge in [-0.25, -0.2) is 0 Å². The van der Waals surface area contributed by atoms with Crippen LogP contribution in [0.15, 0.2) is 0 Å². The molecule has 2 rings (SSSR count). The van der Waals surface area contributed by atoms with Gasteiger partial charge in [-0.15, -0.1) is 0 Å². The molecule has 16 heavy (non-hydrogen) atoms. The zero-order chi connectivity index (χ0) is 11.7. The van der Waals surface area contributed by atoms with Crippen molar-refractivity contribution in [2.24, 2.45) is 5.92 Å². The summed E-state index contributed by atoms with van der Waals surface area (Å²) in [6.45, 7) is 8.57. The molecule has 2 aliphatic rings. The van der Waals surface area contributed by atoms with Crippen LogP contribution < -0.4 is 5.32 Å². The lowest BCUT2D eigenvalue weighted by molar-refractivity contribution is -0.147. The molecular formula is C12H22N2O2. The molecule has 2 heterocycles. The Labute approximate surface area is 97.3 Å². The van der Waals surface area contributed by atoms with Gasteiger partial charge in [0.15, 0.2) is 0 Å². The molecule has 0 aromatic heterocycles. The summed E-state index contributed by atoms with van der Waals surface area (Å²) in [6.07, 6.45) is 1.14. The van der Waals surface area contributed by atoms with Gasteiger partial charge in [0.1, 0.15) is 0 Å². The van der Waals surface area contributed by atoms with Crippen molar-refractivity contribution in [3.05, 3.63) is 0 Å². The minimum Gasteiger partial charge on any atom is -0.375 e. The zero-order valence-electron chi connectivity index (χ0n) is 10.4. The molecule has 2 aliphatic heterocycles. The first-order valence-electron chi connectivity index (χ1n) is 6.25. The number of nitrogens with zero attached hydrogens (tertiary/aromatic N) is 1. The third-order valence-corrected chi connectivity index (χ3v) is 3.73. The van der Waals surface area contributed by atoms with Gasteiger partial charge in [0.2, 0.25) is 5.91 Å². The van der Waals surface area contributed by atoms with Crippen molar-refractivity contribution in [1.29, 1.82) is 0 Å². The van der Waals surface area contributed by atoms with Crippen LogP contribution in [0.4, 0.5) is 0 Å². The van der Waals surface area contributed by atoms with E-state index in [2.05, 4.69) is 19.2 Å². The number of morpholine rings is 1. The van der Waals surface area contributed by atoms with E-state index >= 15 is 0 Å². The lowest BCUT2D eigenvalue weighted by atomic mass is 9.99. The second-order valence-electron chi connectivity index (χ2n) is 5.12. The van der Waals surface area contributed by atoms with E-state index in [0.717, 1.165) is 19.5 Å². The van der Waals surface area contributed by atoms with Crippen LogP contribution in [0.1, 0.15) is 27.2 Å². The van der Waals surface area contributed by atoms with Crippen molar-refractivity contribution in [2.45, 2.75) is 45.4 Å². The zero-order valence-corrected chi connectivity index (χ0v) is 10.4. The average molecular weight is 226 g/mol. The van der Waals surface area contributed by atoms with Crippen LogP contribution in [0.2, 0.25) is 0 Å². The summed E-state index contributed by atoms with van der Waals surface area (Å²) in [5.74, 6) is 0.466. The summed E-state index contributed by atoms with van der Waals surface area (Å²) in [6, 6.07) is 0.536. The minimum atomic E-state index is 0.160. The molecule has 0 aromatic rings. The quantitative estimate of drug-likeness (QED) is 0.712. The van der Waals surface area contributed by atoms with Crippen LogP contribution in [0.5, 0.6) is 0 Å². The van der Waals surface area contributed by atoms with Crippen LogP contribution >= 0.6 is 0 Å². The van der Waals surface area contributed by atoms with E-state index < -0.39 is 0 Å². The van der Waals surface area contributed by atoms with Crippen LogP contribution in [0, 0.1) is 5.92 Å². The fourth-order valence-electron chi connectivity index (χ4n) is 2.62. The van der Waals surface area contributed by atoms with Gasteiger partial charge in [0, 0.05) is 12.6 Å². The monoisotopic (exact) mass is 226 g/mol. The smallest absolute Gasteiger partial charge is 0.227 e. The van der Waals surface area contributed by atoms with Gasteiger partial charge in [-0.05, 0) is 33.7 Å². The highest BCUT2D eigenvalue weighted by molar-refractivity contribution is 5.80. The lowest BCUT2D eigenvalue weighted by Crippen LogP contribution is -2.53. The van der Waals surface area contributed by atoms with E-state index in [0.29, 0.717) is 18.6 Å². The molecule has 0 aliphatic carbocycles. The van der Waals surface area contributed by atoms with Crippen LogP contribution in [0.25, 0.3) is 0 Å². The molecule has 4 atom stereocenters. The van der Waals surface area contributed by atoms with Gasteiger partial charge in [-0.1, -0.05) is 0 Å². The molecule has 4 unspecified atom stereocenters. The van der Waals surface area contributed by atoms with E-state index in [-0.39, 0.29) is 18.1 Å². The predicted molar refractivity (Wildman–Crippen MR) is 62.2 cm³/mol. The Hall–Kier alpha value is -0.610. The topological polar surface area (TPSA) is 41.6 Å². The van der Waals surface area contributed by atoms with Gasteiger partial charge in [-0.3, -0.25) is 4.79 Å². The molecule has 2 fully saturated rings. The van der Waals surface area contributed by atoms with E-state index in [1.54, 1.807) is 0 Å². The highest BCUT2D eigenvalue weighted by Crippen LogP contribution is 2.21. The summed E-state index contributed by atoms with van der Waals surface area (Å²) in [4.78, 5) is 14.4. The third-order valence-electron chi connectivity index (χ3n) is 3.73. The first-order valence-corrected chi connectivity index (χ1v) is 6.25. The van der Waals surface area contributed by atoms with Crippen LogP contribution in [0.3, 0.4) is 0 Å². The molecule has 4 heteroatoms. The van der Waals surface area contributed by atoms with E-state index in [9.17, 15) is 4.79 Å². The maximum Gasteiger partial charge on any atom is 0.227 e. The van der Waals surface area contributed by atoms with Gasteiger partial charge in [0.05, 0.1) is 24.7 Å². The molecule has 1 N–H and O–H groups in total. The molecule has 1 amide bonds. The standard InChI is InChI=1S/C12H22N2O2/c1-8-7-16-9(2)6-14(8)12(15)11-4-5-13-10(11)3/h8-11,13H,4-7H2,1-3H3. The number of hydrogen-bond acceptors (Lipinski definition) is 3. The number of nitrogens with one attached hydrogen (secondary N) is 1. The SMILES string of the molecule is CC1CN(C(=O)C2CCNC2C)C(C)CO1. The Balaban J connectivity index is 2.02. The lowest BCUT2D eigenvalue weighted by Gasteiger charge is -2.38. The van der Waals surface area contributed by atoms with Gasteiger partial charge < -0.3 is 15.0 Å². The Morgan fingerprint density at radius 1 is 1.38 bits per heavy atom. The summed E-state index contributed by atoms with van der Waals surface area (Å²) in [7, 11) is 0. The summed E-state index contributed by atoms with van der Waals surface area (Å²) >= 11 is 0. The van der Waals surface area contributed by atoms with Crippen LogP contribution in [-0.2, 0) is 9.53 Å². The van der Waals surface area contributed by atoms with Crippen molar-refractivity contribution in [3.8, 4) is 0 Å². The van der Waals surface area contributed by atoms with Gasteiger partial charge in [-0.2, -0.15) is 0 Å². The van der Waals surface area contributed by atoms with Crippen molar-refractivity contribution in [1.82, 2.24) is 10.2 Å². The molecule has 2 saturated heterocycles. The van der Waals surface area contributed by atoms with Crippen molar-refractivity contribution < 1.29 is 9.53 Å². The number of carbonyl (C=O) groups excluding carboxylic acids is 1. The van der Waals surface area contributed by atoms with Gasteiger partial charge in [0.25, 0.3) is 0 Å². The molecule has 0 saturated carbocycles. The Bertz CT molecular complexity index is 270. The highest BCUT2D eigenvalue weighted by atomic mass is 16.5. The second kappa shape index (κ2) is 4.72. The normalized spacial score (nSPS) is 40.1. The number of ether oxygens (including phenoxy) is 1. The number of hydrogen-bond donors (Lipinski definition) is 1. The van der Waals surface area contributed by atoms with E-state index in [1.807, 2.05) is 11.8 Å². The van der Waals surface area contributed by atoms with E-state index in [1.165, 1.54) is 0 Å². The Kier molecular flexibility index (Phi) is 3.50. The highest BCUT2D eigenvalue weighted by Gasteiger charge is 2.36. The Morgan fingerprint density at radius 3 is 2.75 bits per heavy atom. The molecule has 0 spiro atoms.